The molecule has 4 rings (SSSR count). The first-order chi connectivity index (χ1) is 13.5. The van der Waals surface area contributed by atoms with Crippen LogP contribution in [0.15, 0.2) is 41.1 Å². The summed E-state index contributed by atoms with van der Waals surface area (Å²) in [6.45, 7) is 6.77. The fourth-order valence-corrected chi connectivity index (χ4v) is 4.17. The van der Waals surface area contributed by atoms with E-state index in [-0.39, 0.29) is 5.91 Å². The van der Waals surface area contributed by atoms with Gasteiger partial charge in [0.25, 0.3) is 0 Å². The van der Waals surface area contributed by atoms with Crippen LogP contribution in [0.2, 0.25) is 0 Å². The van der Waals surface area contributed by atoms with E-state index in [1.165, 1.54) is 10.9 Å². The number of aromatic nitrogens is 2. The van der Waals surface area contributed by atoms with E-state index in [9.17, 15) is 4.79 Å². The van der Waals surface area contributed by atoms with Gasteiger partial charge >= 0.3 is 0 Å². The fraction of sp³-hybridized carbons (Fsp3) is 0.455. The number of carbonyl (C=O) groups is 1. The molecule has 0 saturated carbocycles. The molecule has 1 atom stereocenters. The number of benzene rings is 1. The first kappa shape index (κ1) is 18.7. The number of amides is 1. The van der Waals surface area contributed by atoms with Crippen LogP contribution in [0.25, 0.3) is 10.9 Å². The summed E-state index contributed by atoms with van der Waals surface area (Å²) in [5, 5.41) is 5.59. The Morgan fingerprint density at radius 2 is 2.18 bits per heavy atom. The Bertz CT molecular complexity index is 972. The van der Waals surface area contributed by atoms with Gasteiger partial charge in [-0.1, -0.05) is 37.2 Å². The lowest BCUT2D eigenvalue weighted by Gasteiger charge is -2.22. The second-order valence-corrected chi connectivity index (χ2v) is 8.02. The molecule has 0 aliphatic carbocycles. The number of carbonyl (C=O) groups excluding carboxylic acids is 1. The molecule has 1 aliphatic rings. The summed E-state index contributed by atoms with van der Waals surface area (Å²) in [5.74, 6) is 1.02. The minimum atomic E-state index is -0.272. The van der Waals surface area contributed by atoms with Gasteiger partial charge in [-0.05, 0) is 31.0 Å². The molecular weight excluding hydrogens is 352 g/mol. The van der Waals surface area contributed by atoms with E-state index in [0.29, 0.717) is 24.9 Å². The normalized spacial score (nSPS) is 17.8. The molecule has 1 saturated heterocycles. The van der Waals surface area contributed by atoms with E-state index >= 15 is 0 Å². The number of hydrogen-bond donors (Lipinski definition) is 1. The molecule has 0 spiro atoms. The highest BCUT2D eigenvalue weighted by Crippen LogP contribution is 2.35. The average molecular weight is 380 g/mol. The highest BCUT2D eigenvalue weighted by atomic mass is 16.5. The molecular formula is C22H28N4O2. The molecule has 3 heterocycles. The van der Waals surface area contributed by atoms with Gasteiger partial charge in [-0.15, -0.1) is 0 Å². The van der Waals surface area contributed by atoms with E-state index in [1.807, 2.05) is 6.07 Å². The number of rotatable bonds is 7. The molecule has 1 aliphatic heterocycles. The number of hydrogen-bond acceptors (Lipinski definition) is 4. The lowest BCUT2D eigenvalue weighted by Crippen LogP contribution is -2.23. The lowest BCUT2D eigenvalue weighted by atomic mass is 10.1. The largest absolute Gasteiger partial charge is 0.370 e. The maximum atomic E-state index is 11.2. The van der Waals surface area contributed by atoms with Gasteiger partial charge in [-0.2, -0.15) is 0 Å². The van der Waals surface area contributed by atoms with Gasteiger partial charge in [-0.25, -0.2) is 0 Å². The van der Waals surface area contributed by atoms with Crippen molar-refractivity contribution in [1.82, 2.24) is 14.6 Å². The first-order valence-corrected chi connectivity index (χ1v) is 10.1. The first-order valence-electron chi connectivity index (χ1n) is 10.1. The summed E-state index contributed by atoms with van der Waals surface area (Å²) < 4.78 is 7.69. The molecule has 6 nitrogen and oxygen atoms in total. The number of likely N-dealkylation sites (tertiary alicyclic amines) is 1. The van der Waals surface area contributed by atoms with Gasteiger partial charge in [0.05, 0.1) is 6.04 Å². The van der Waals surface area contributed by atoms with Crippen molar-refractivity contribution in [3.63, 3.8) is 0 Å². The van der Waals surface area contributed by atoms with Crippen molar-refractivity contribution in [3.8, 4) is 0 Å². The summed E-state index contributed by atoms with van der Waals surface area (Å²) >= 11 is 0. The molecule has 2 aromatic heterocycles. The van der Waals surface area contributed by atoms with Crippen molar-refractivity contribution in [3.05, 3.63) is 53.5 Å². The molecule has 0 bridgehead atoms. The zero-order valence-electron chi connectivity index (χ0n) is 16.6. The molecule has 1 amide bonds. The van der Waals surface area contributed by atoms with Gasteiger partial charge in [0, 0.05) is 48.6 Å². The Hall–Kier alpha value is -2.60. The quantitative estimate of drug-likeness (QED) is 0.673. The van der Waals surface area contributed by atoms with Crippen LogP contribution >= 0.6 is 0 Å². The van der Waals surface area contributed by atoms with Crippen LogP contribution in [-0.2, 0) is 17.9 Å². The minimum absolute atomic E-state index is 0.272. The zero-order valence-corrected chi connectivity index (χ0v) is 16.6. The summed E-state index contributed by atoms with van der Waals surface area (Å²) in [6.07, 6.45) is 4.78. The maximum absolute atomic E-state index is 11.2. The Morgan fingerprint density at radius 1 is 1.36 bits per heavy atom. The van der Waals surface area contributed by atoms with Crippen molar-refractivity contribution in [1.29, 1.82) is 0 Å². The van der Waals surface area contributed by atoms with E-state index < -0.39 is 0 Å². The predicted molar refractivity (Wildman–Crippen MR) is 109 cm³/mol. The van der Waals surface area contributed by atoms with Gasteiger partial charge in [0.2, 0.25) is 5.91 Å². The second-order valence-electron chi connectivity index (χ2n) is 8.02. The standard InChI is InChI=1S/C22H28N4O2/c1-15(2)21-12-18(24-28-21)20-8-5-10-25(20)13-16-14-26(11-9-22(23)27)19-7-4-3-6-17(16)19/h3-4,6-7,12,14-15,20H,5,8-11,13H2,1-2H3,(H2,23,27). The molecule has 28 heavy (non-hydrogen) atoms. The smallest absolute Gasteiger partial charge is 0.219 e. The van der Waals surface area contributed by atoms with Crippen LogP contribution in [0.5, 0.6) is 0 Å². The SMILES string of the molecule is CC(C)c1cc(C2CCCN2Cc2cn(CCC(N)=O)c3ccccc23)no1. The minimum Gasteiger partial charge on any atom is -0.370 e. The maximum Gasteiger partial charge on any atom is 0.219 e. The van der Waals surface area contributed by atoms with E-state index in [0.717, 1.165) is 42.9 Å². The highest BCUT2D eigenvalue weighted by molar-refractivity contribution is 5.84. The average Bonchev–Trinajstić information content (AvgIpc) is 3.39. The third kappa shape index (κ3) is 3.69. The molecule has 1 aromatic carbocycles. The van der Waals surface area contributed by atoms with E-state index in [1.54, 1.807) is 0 Å². The summed E-state index contributed by atoms with van der Waals surface area (Å²) in [5.41, 5.74) is 8.82. The van der Waals surface area contributed by atoms with Crippen LogP contribution in [0.4, 0.5) is 0 Å². The number of primary amides is 1. The number of nitrogens with zero attached hydrogens (tertiary/aromatic N) is 3. The molecule has 1 fully saturated rings. The molecule has 3 aromatic rings. The number of aryl methyl sites for hydroxylation is 1. The fourth-order valence-electron chi connectivity index (χ4n) is 4.17. The summed E-state index contributed by atoms with van der Waals surface area (Å²) in [6, 6.07) is 10.8. The third-order valence-corrected chi connectivity index (χ3v) is 5.66. The monoisotopic (exact) mass is 380 g/mol. The van der Waals surface area contributed by atoms with Crippen LogP contribution in [0, 0.1) is 0 Å². The molecule has 1 unspecified atom stereocenters. The van der Waals surface area contributed by atoms with Crippen LogP contribution in [0.1, 0.15) is 62.1 Å². The van der Waals surface area contributed by atoms with Crippen molar-refractivity contribution in [2.24, 2.45) is 5.73 Å². The van der Waals surface area contributed by atoms with Gasteiger partial charge in [0.1, 0.15) is 11.5 Å². The lowest BCUT2D eigenvalue weighted by molar-refractivity contribution is -0.118. The predicted octanol–water partition coefficient (Wildman–Crippen LogP) is 3.97. The van der Waals surface area contributed by atoms with Gasteiger partial charge < -0.3 is 14.8 Å². The molecule has 2 N–H and O–H groups in total. The third-order valence-electron chi connectivity index (χ3n) is 5.66. The molecule has 6 heteroatoms. The topological polar surface area (TPSA) is 77.3 Å². The number of nitrogens with two attached hydrogens (primary N) is 1. The summed E-state index contributed by atoms with van der Waals surface area (Å²) in [4.78, 5) is 13.7. The van der Waals surface area contributed by atoms with Gasteiger partial charge in [-0.3, -0.25) is 9.69 Å². The molecule has 148 valence electrons. The Kier molecular flexibility index (Phi) is 5.22. The van der Waals surface area contributed by atoms with Crippen molar-refractivity contribution < 1.29 is 9.32 Å². The number of fused-ring (bicyclic) bond motifs is 1. The Balaban J connectivity index is 1.59. The zero-order chi connectivity index (χ0) is 19.7. The van der Waals surface area contributed by atoms with Crippen LogP contribution in [-0.4, -0.2) is 27.1 Å². The van der Waals surface area contributed by atoms with Crippen molar-refractivity contribution in [2.75, 3.05) is 6.54 Å². The Labute approximate surface area is 165 Å². The highest BCUT2D eigenvalue weighted by Gasteiger charge is 2.29. The van der Waals surface area contributed by atoms with Crippen LogP contribution < -0.4 is 5.73 Å². The molecule has 0 radical (unpaired) electrons. The van der Waals surface area contributed by atoms with Crippen molar-refractivity contribution in [2.45, 2.75) is 58.2 Å². The van der Waals surface area contributed by atoms with E-state index in [2.05, 4.69) is 58.9 Å². The summed E-state index contributed by atoms with van der Waals surface area (Å²) in [7, 11) is 0. The number of para-hydroxylation sites is 1. The Morgan fingerprint density at radius 3 is 2.93 bits per heavy atom. The van der Waals surface area contributed by atoms with Crippen molar-refractivity contribution >= 4 is 16.8 Å². The van der Waals surface area contributed by atoms with Gasteiger partial charge in [0.15, 0.2) is 0 Å². The second kappa shape index (κ2) is 7.80. The van der Waals surface area contributed by atoms with Crippen LogP contribution in [0.3, 0.4) is 0 Å². The van der Waals surface area contributed by atoms with E-state index in [4.69, 9.17) is 10.3 Å².